The average Bonchev–Trinajstić information content (AvgIpc) is 2.88. The van der Waals surface area contributed by atoms with Gasteiger partial charge in [0.15, 0.2) is 0 Å². The molecule has 25 heavy (non-hydrogen) atoms. The van der Waals surface area contributed by atoms with Gasteiger partial charge in [-0.05, 0) is 36.2 Å². The molecule has 2 aromatic rings. The maximum atomic E-state index is 12.5. The number of fused-ring (bicyclic) bond motifs is 1. The van der Waals surface area contributed by atoms with E-state index in [4.69, 9.17) is 9.57 Å². The summed E-state index contributed by atoms with van der Waals surface area (Å²) in [5, 5.41) is 0.541. The predicted molar refractivity (Wildman–Crippen MR) is 89.1 cm³/mol. The van der Waals surface area contributed by atoms with Crippen molar-refractivity contribution in [3.63, 3.8) is 0 Å². The van der Waals surface area contributed by atoms with Crippen molar-refractivity contribution in [1.29, 1.82) is 0 Å². The van der Waals surface area contributed by atoms with Gasteiger partial charge in [-0.3, -0.25) is 9.59 Å². The monoisotopic (exact) mass is 339 g/mol. The summed E-state index contributed by atoms with van der Waals surface area (Å²) in [6.45, 7) is 1.83. The molecule has 1 aliphatic rings. The molecule has 2 aromatic carbocycles. The van der Waals surface area contributed by atoms with Crippen LogP contribution >= 0.6 is 0 Å². The first kappa shape index (κ1) is 16.7. The van der Waals surface area contributed by atoms with E-state index in [1.807, 2.05) is 6.92 Å². The van der Waals surface area contributed by atoms with Crippen LogP contribution in [-0.2, 0) is 9.63 Å². The zero-order valence-corrected chi connectivity index (χ0v) is 13.9. The lowest BCUT2D eigenvalue weighted by molar-refractivity contribution is -0.170. The van der Waals surface area contributed by atoms with E-state index < -0.39 is 23.7 Å². The van der Waals surface area contributed by atoms with E-state index in [1.54, 1.807) is 43.5 Å². The van der Waals surface area contributed by atoms with Crippen LogP contribution in [0.5, 0.6) is 5.75 Å². The Morgan fingerprint density at radius 3 is 2.04 bits per heavy atom. The van der Waals surface area contributed by atoms with Gasteiger partial charge in [0.1, 0.15) is 5.75 Å². The summed E-state index contributed by atoms with van der Waals surface area (Å²) in [5.74, 6) is -1.82. The Hall–Kier alpha value is -3.15. The van der Waals surface area contributed by atoms with Crippen molar-refractivity contribution in [3.8, 4) is 5.75 Å². The lowest BCUT2D eigenvalue weighted by Crippen LogP contribution is -2.34. The van der Waals surface area contributed by atoms with E-state index in [0.29, 0.717) is 17.2 Å². The van der Waals surface area contributed by atoms with Crippen molar-refractivity contribution in [2.45, 2.75) is 19.3 Å². The maximum absolute atomic E-state index is 12.5. The highest BCUT2D eigenvalue weighted by Gasteiger charge is 2.39. The molecule has 3 rings (SSSR count). The van der Waals surface area contributed by atoms with Crippen LogP contribution in [0, 0.1) is 0 Å². The second kappa shape index (κ2) is 6.76. The first-order valence-electron chi connectivity index (χ1n) is 7.90. The van der Waals surface area contributed by atoms with Gasteiger partial charge >= 0.3 is 5.97 Å². The lowest BCUT2D eigenvalue weighted by atomic mass is 9.97. The molecular weight excluding hydrogens is 322 g/mol. The fourth-order valence-corrected chi connectivity index (χ4v) is 2.78. The predicted octanol–water partition coefficient (Wildman–Crippen LogP) is 2.94. The molecule has 0 aliphatic carbocycles. The third-order valence-electron chi connectivity index (χ3n) is 4.15. The van der Waals surface area contributed by atoms with Crippen LogP contribution in [0.25, 0.3) is 0 Å². The van der Waals surface area contributed by atoms with Gasteiger partial charge in [0.25, 0.3) is 11.8 Å². The van der Waals surface area contributed by atoms with E-state index >= 15 is 0 Å². The van der Waals surface area contributed by atoms with Gasteiger partial charge in [-0.1, -0.05) is 36.3 Å². The largest absolute Gasteiger partial charge is 0.497 e. The normalized spacial score (nSPS) is 14.2. The van der Waals surface area contributed by atoms with E-state index in [-0.39, 0.29) is 11.1 Å². The van der Waals surface area contributed by atoms with Crippen molar-refractivity contribution in [3.05, 3.63) is 65.2 Å². The molecule has 1 aliphatic heterocycles. The molecule has 0 saturated carbocycles. The van der Waals surface area contributed by atoms with Crippen LogP contribution < -0.4 is 4.74 Å². The first-order valence-corrected chi connectivity index (χ1v) is 7.90. The highest BCUT2D eigenvalue weighted by molar-refractivity contribution is 6.20. The minimum atomic E-state index is -0.651. The molecule has 2 amide bonds. The minimum Gasteiger partial charge on any atom is -0.497 e. The molecule has 0 aromatic heterocycles. The molecule has 1 heterocycles. The third-order valence-corrected chi connectivity index (χ3v) is 4.15. The number of methoxy groups -OCH3 is 1. The van der Waals surface area contributed by atoms with Gasteiger partial charge in [0.2, 0.25) is 0 Å². The van der Waals surface area contributed by atoms with Gasteiger partial charge in [0.05, 0.1) is 24.2 Å². The quantitative estimate of drug-likeness (QED) is 0.783. The van der Waals surface area contributed by atoms with E-state index in [1.165, 1.54) is 12.1 Å². The minimum absolute atomic E-state index is 0.234. The number of amides is 2. The van der Waals surface area contributed by atoms with E-state index in [2.05, 4.69) is 0 Å². The molecule has 0 spiro atoms. The second-order valence-corrected chi connectivity index (χ2v) is 5.59. The van der Waals surface area contributed by atoms with Crippen molar-refractivity contribution < 1.29 is 24.0 Å². The smallest absolute Gasteiger partial charge is 0.340 e. The van der Waals surface area contributed by atoms with Crippen LogP contribution in [0.3, 0.4) is 0 Å². The fourth-order valence-electron chi connectivity index (χ4n) is 2.78. The summed E-state index contributed by atoms with van der Waals surface area (Å²) in [6, 6.07) is 13.4. The lowest BCUT2D eigenvalue weighted by Gasteiger charge is -2.18. The molecule has 0 N–H and O–H groups in total. The Balaban J connectivity index is 1.79. The number of carbonyl (C=O) groups excluding carboxylic acids is 3. The number of nitrogens with zero attached hydrogens (tertiary/aromatic N) is 1. The summed E-state index contributed by atoms with van der Waals surface area (Å²) in [6.07, 6.45) is 0.467. The number of carbonyl (C=O) groups is 3. The number of rotatable bonds is 5. The Kier molecular flexibility index (Phi) is 4.52. The molecule has 6 heteroatoms. The van der Waals surface area contributed by atoms with Crippen molar-refractivity contribution >= 4 is 17.8 Å². The topological polar surface area (TPSA) is 72.9 Å². The van der Waals surface area contributed by atoms with Crippen LogP contribution in [0.4, 0.5) is 0 Å². The number of hydrogen-bond donors (Lipinski definition) is 0. The maximum Gasteiger partial charge on any atom is 0.340 e. The number of benzene rings is 2. The van der Waals surface area contributed by atoms with Crippen LogP contribution in [0.15, 0.2) is 48.5 Å². The van der Waals surface area contributed by atoms with Gasteiger partial charge < -0.3 is 9.57 Å². The van der Waals surface area contributed by atoms with E-state index in [9.17, 15) is 14.4 Å². The first-order chi connectivity index (χ1) is 12.1. The van der Waals surface area contributed by atoms with Crippen LogP contribution in [0.2, 0.25) is 0 Å². The fraction of sp³-hybridized carbons (Fsp3) is 0.211. The summed E-state index contributed by atoms with van der Waals surface area (Å²) < 4.78 is 5.10. The number of hydrogen-bond acceptors (Lipinski definition) is 5. The Labute approximate surface area is 144 Å². The summed E-state index contributed by atoms with van der Waals surface area (Å²) >= 11 is 0. The van der Waals surface area contributed by atoms with Crippen molar-refractivity contribution in [1.82, 2.24) is 5.06 Å². The van der Waals surface area contributed by atoms with Crippen molar-refractivity contribution in [2.75, 3.05) is 7.11 Å². The molecular formula is C19H17NO5. The highest BCUT2D eigenvalue weighted by atomic mass is 16.7. The molecule has 128 valence electrons. The zero-order valence-electron chi connectivity index (χ0n) is 13.9. The SMILES string of the molecule is CCC(C(=O)ON1C(=O)c2ccccc2C1=O)c1ccc(OC)cc1. The number of hydroxylamine groups is 2. The summed E-state index contributed by atoms with van der Waals surface area (Å²) in [7, 11) is 1.56. The second-order valence-electron chi connectivity index (χ2n) is 5.59. The molecule has 0 bridgehead atoms. The third kappa shape index (κ3) is 2.98. The van der Waals surface area contributed by atoms with Gasteiger partial charge in [-0.15, -0.1) is 0 Å². The Morgan fingerprint density at radius 2 is 1.56 bits per heavy atom. The zero-order chi connectivity index (χ0) is 18.0. The van der Waals surface area contributed by atoms with Crippen LogP contribution in [0.1, 0.15) is 45.5 Å². The Morgan fingerprint density at radius 1 is 1.00 bits per heavy atom. The van der Waals surface area contributed by atoms with Gasteiger partial charge in [-0.2, -0.15) is 0 Å². The molecule has 0 fully saturated rings. The molecule has 6 nitrogen and oxygen atoms in total. The summed E-state index contributed by atoms with van der Waals surface area (Å²) in [4.78, 5) is 42.2. The molecule has 1 unspecified atom stereocenters. The molecule has 1 atom stereocenters. The Bertz CT molecular complexity index is 793. The van der Waals surface area contributed by atoms with Gasteiger partial charge in [0, 0.05) is 0 Å². The summed E-state index contributed by atoms with van der Waals surface area (Å²) in [5.41, 5.74) is 1.19. The standard InChI is InChI=1S/C19H17NO5/c1-3-14(12-8-10-13(24-2)11-9-12)19(23)25-20-17(21)15-6-4-5-7-16(15)18(20)22/h4-11,14H,3H2,1-2H3. The average molecular weight is 339 g/mol. The highest BCUT2D eigenvalue weighted by Crippen LogP contribution is 2.27. The molecule has 0 radical (unpaired) electrons. The number of ether oxygens (including phenoxy) is 1. The van der Waals surface area contributed by atoms with E-state index in [0.717, 1.165) is 5.56 Å². The number of imide groups is 1. The molecule has 0 saturated heterocycles. The van der Waals surface area contributed by atoms with Crippen LogP contribution in [-0.4, -0.2) is 30.0 Å². The van der Waals surface area contributed by atoms with Crippen molar-refractivity contribution in [2.24, 2.45) is 0 Å². The van der Waals surface area contributed by atoms with Gasteiger partial charge in [-0.25, -0.2) is 4.79 Å².